The van der Waals surface area contributed by atoms with Crippen molar-refractivity contribution in [1.82, 2.24) is 9.97 Å². The van der Waals surface area contributed by atoms with Gasteiger partial charge in [0.15, 0.2) is 0 Å². The predicted molar refractivity (Wildman–Crippen MR) is 114 cm³/mol. The number of urea groups is 1. The van der Waals surface area contributed by atoms with Crippen molar-refractivity contribution in [2.75, 3.05) is 10.6 Å². The molecular formula is C21H16ClN5O2. The average Bonchev–Trinajstić information content (AvgIpc) is 2.72. The van der Waals surface area contributed by atoms with Crippen LogP contribution in [0.25, 0.3) is 10.8 Å². The number of anilines is 3. The lowest BCUT2D eigenvalue weighted by Gasteiger charge is -2.12. The molecule has 0 atom stereocenters. The second kappa shape index (κ2) is 8.04. The van der Waals surface area contributed by atoms with E-state index in [2.05, 4.69) is 20.6 Å². The summed E-state index contributed by atoms with van der Waals surface area (Å²) in [6.07, 6.45) is 1.60. The molecule has 2 amide bonds. The number of carbonyl (C=O) groups is 1. The quantitative estimate of drug-likeness (QED) is 0.417. The maximum Gasteiger partial charge on any atom is 0.316 e. The first-order valence-corrected chi connectivity index (χ1v) is 9.08. The van der Waals surface area contributed by atoms with Gasteiger partial charge in [0.1, 0.15) is 5.75 Å². The van der Waals surface area contributed by atoms with Crippen LogP contribution in [-0.2, 0) is 0 Å². The van der Waals surface area contributed by atoms with Crippen LogP contribution in [0.1, 0.15) is 0 Å². The Labute approximate surface area is 171 Å². The molecule has 144 valence electrons. The fraction of sp³-hybridized carbons (Fsp3) is 0. The molecule has 0 saturated heterocycles. The zero-order valence-electron chi connectivity index (χ0n) is 15.1. The van der Waals surface area contributed by atoms with Gasteiger partial charge in [-0.1, -0.05) is 35.9 Å². The van der Waals surface area contributed by atoms with Crippen LogP contribution in [0.2, 0.25) is 5.02 Å². The monoisotopic (exact) mass is 405 g/mol. The molecule has 0 aliphatic carbocycles. The first-order chi connectivity index (χ1) is 14.1. The third-order valence-corrected chi connectivity index (χ3v) is 4.34. The number of ether oxygens (including phenoxy) is 1. The number of amides is 2. The summed E-state index contributed by atoms with van der Waals surface area (Å²) >= 11 is 5.91. The lowest BCUT2D eigenvalue weighted by molar-refractivity contribution is 0.259. The Kier molecular flexibility index (Phi) is 5.13. The van der Waals surface area contributed by atoms with Gasteiger partial charge in [0.2, 0.25) is 11.8 Å². The normalized spacial score (nSPS) is 10.5. The average molecular weight is 406 g/mol. The standard InChI is InChI=1S/C21H16ClN5O2/c22-13-5-7-14(8-6-13)25-21-24-12-11-19(27-21)29-18-10-9-17(26-20(23)28)15-3-1-2-4-16(15)18/h1-12H,(H3,23,26,28)(H,24,25,27). The van der Waals surface area contributed by atoms with Gasteiger partial charge in [0.25, 0.3) is 0 Å². The number of nitrogens with two attached hydrogens (primary N) is 1. The molecule has 4 N–H and O–H groups in total. The predicted octanol–water partition coefficient (Wildman–Crippen LogP) is 5.31. The first kappa shape index (κ1) is 18.5. The molecule has 1 heterocycles. The summed E-state index contributed by atoms with van der Waals surface area (Å²) in [6.45, 7) is 0. The molecule has 7 nitrogen and oxygen atoms in total. The van der Waals surface area contributed by atoms with E-state index in [0.717, 1.165) is 16.5 Å². The number of primary amides is 1. The van der Waals surface area contributed by atoms with Crippen molar-refractivity contribution < 1.29 is 9.53 Å². The molecule has 0 spiro atoms. The number of aromatic nitrogens is 2. The van der Waals surface area contributed by atoms with E-state index in [1.54, 1.807) is 36.5 Å². The highest BCUT2D eigenvalue weighted by atomic mass is 35.5. The number of benzene rings is 3. The molecule has 0 fully saturated rings. The Bertz CT molecular complexity index is 1180. The van der Waals surface area contributed by atoms with Crippen LogP contribution in [0.15, 0.2) is 72.9 Å². The highest BCUT2D eigenvalue weighted by Crippen LogP contribution is 2.34. The third-order valence-electron chi connectivity index (χ3n) is 4.09. The van der Waals surface area contributed by atoms with Crippen LogP contribution in [0.4, 0.5) is 22.1 Å². The molecule has 0 bridgehead atoms. The Balaban J connectivity index is 1.62. The van der Waals surface area contributed by atoms with E-state index in [1.165, 1.54) is 0 Å². The number of rotatable bonds is 5. The summed E-state index contributed by atoms with van der Waals surface area (Å²) in [5.41, 5.74) is 6.66. The van der Waals surface area contributed by atoms with Crippen LogP contribution < -0.4 is 21.1 Å². The fourth-order valence-corrected chi connectivity index (χ4v) is 2.96. The molecule has 8 heteroatoms. The minimum atomic E-state index is -0.627. The van der Waals surface area contributed by atoms with Crippen molar-refractivity contribution in [3.8, 4) is 11.6 Å². The SMILES string of the molecule is NC(=O)Nc1ccc(Oc2ccnc(Nc3ccc(Cl)cc3)n2)c2ccccc12. The van der Waals surface area contributed by atoms with Crippen LogP contribution in [0, 0.1) is 0 Å². The third kappa shape index (κ3) is 4.36. The zero-order chi connectivity index (χ0) is 20.2. The largest absolute Gasteiger partial charge is 0.438 e. The number of carbonyl (C=O) groups excluding carboxylic acids is 1. The summed E-state index contributed by atoms with van der Waals surface area (Å²) in [6, 6.07) is 19.3. The zero-order valence-corrected chi connectivity index (χ0v) is 15.9. The van der Waals surface area contributed by atoms with E-state index in [1.807, 2.05) is 36.4 Å². The fourth-order valence-electron chi connectivity index (χ4n) is 2.84. The second-order valence-corrected chi connectivity index (χ2v) is 6.53. The van der Waals surface area contributed by atoms with Crippen LogP contribution >= 0.6 is 11.6 Å². The summed E-state index contributed by atoms with van der Waals surface area (Å²) < 4.78 is 5.99. The van der Waals surface area contributed by atoms with Gasteiger partial charge in [-0.25, -0.2) is 9.78 Å². The molecule has 3 aromatic carbocycles. The molecule has 0 aliphatic heterocycles. The molecule has 4 aromatic rings. The van der Waals surface area contributed by atoms with Crippen LogP contribution in [-0.4, -0.2) is 16.0 Å². The van der Waals surface area contributed by atoms with E-state index in [-0.39, 0.29) is 0 Å². The number of halogens is 1. The summed E-state index contributed by atoms with van der Waals surface area (Å²) in [7, 11) is 0. The molecule has 0 saturated carbocycles. The number of nitrogens with one attached hydrogen (secondary N) is 2. The van der Waals surface area contributed by atoms with Crippen LogP contribution in [0.5, 0.6) is 11.6 Å². The van der Waals surface area contributed by atoms with Gasteiger partial charge in [-0.3, -0.25) is 0 Å². The smallest absolute Gasteiger partial charge is 0.316 e. The Morgan fingerprint density at radius 2 is 1.72 bits per heavy atom. The maximum atomic E-state index is 11.2. The lowest BCUT2D eigenvalue weighted by atomic mass is 10.1. The molecular weight excluding hydrogens is 390 g/mol. The van der Waals surface area contributed by atoms with Gasteiger partial charge in [-0.15, -0.1) is 0 Å². The van der Waals surface area contributed by atoms with Gasteiger partial charge in [-0.2, -0.15) is 4.98 Å². The molecule has 4 rings (SSSR count). The van der Waals surface area contributed by atoms with Crippen molar-refractivity contribution in [3.63, 3.8) is 0 Å². The Hall–Kier alpha value is -3.84. The number of nitrogens with zero attached hydrogens (tertiary/aromatic N) is 2. The summed E-state index contributed by atoms with van der Waals surface area (Å²) in [4.78, 5) is 19.9. The minimum Gasteiger partial charge on any atom is -0.438 e. The lowest BCUT2D eigenvalue weighted by Crippen LogP contribution is -2.19. The van der Waals surface area contributed by atoms with E-state index in [9.17, 15) is 4.79 Å². The number of fused-ring (bicyclic) bond motifs is 1. The van der Waals surface area contributed by atoms with Gasteiger partial charge >= 0.3 is 6.03 Å². The van der Waals surface area contributed by atoms with E-state index in [4.69, 9.17) is 22.1 Å². The van der Waals surface area contributed by atoms with E-state index < -0.39 is 6.03 Å². The molecule has 0 aliphatic rings. The van der Waals surface area contributed by atoms with Crippen molar-refractivity contribution in [1.29, 1.82) is 0 Å². The molecule has 0 radical (unpaired) electrons. The van der Waals surface area contributed by atoms with Gasteiger partial charge in [-0.05, 0) is 36.4 Å². The first-order valence-electron chi connectivity index (χ1n) is 8.70. The summed E-state index contributed by atoms with van der Waals surface area (Å²) in [5, 5.41) is 7.98. The Morgan fingerprint density at radius 3 is 2.48 bits per heavy atom. The highest BCUT2D eigenvalue weighted by molar-refractivity contribution is 6.30. The van der Waals surface area contributed by atoms with E-state index in [0.29, 0.717) is 28.3 Å². The summed E-state index contributed by atoms with van der Waals surface area (Å²) in [5.74, 6) is 1.35. The van der Waals surface area contributed by atoms with Crippen LogP contribution in [0.3, 0.4) is 0 Å². The van der Waals surface area contributed by atoms with Gasteiger partial charge < -0.3 is 21.1 Å². The Morgan fingerprint density at radius 1 is 0.966 bits per heavy atom. The number of hydrogen-bond acceptors (Lipinski definition) is 5. The minimum absolute atomic E-state index is 0.372. The van der Waals surface area contributed by atoms with E-state index >= 15 is 0 Å². The topological polar surface area (TPSA) is 102 Å². The second-order valence-electron chi connectivity index (χ2n) is 6.10. The molecule has 29 heavy (non-hydrogen) atoms. The molecule has 1 aromatic heterocycles. The van der Waals surface area contributed by atoms with Crippen molar-refractivity contribution >= 4 is 45.7 Å². The van der Waals surface area contributed by atoms with Crippen molar-refractivity contribution in [2.45, 2.75) is 0 Å². The number of hydrogen-bond donors (Lipinski definition) is 3. The van der Waals surface area contributed by atoms with Crippen molar-refractivity contribution in [3.05, 3.63) is 77.9 Å². The van der Waals surface area contributed by atoms with Gasteiger partial charge in [0, 0.05) is 33.7 Å². The van der Waals surface area contributed by atoms with Crippen molar-refractivity contribution in [2.24, 2.45) is 5.73 Å². The maximum absolute atomic E-state index is 11.2. The van der Waals surface area contributed by atoms with Gasteiger partial charge in [0.05, 0.1) is 5.69 Å². The molecule has 0 unspecified atom stereocenters. The highest BCUT2D eigenvalue weighted by Gasteiger charge is 2.10.